The van der Waals surface area contributed by atoms with Crippen molar-refractivity contribution in [2.24, 2.45) is 11.8 Å². The zero-order valence-corrected chi connectivity index (χ0v) is 10.6. The van der Waals surface area contributed by atoms with Gasteiger partial charge in [-0.2, -0.15) is 0 Å². The molecule has 0 bridgehead atoms. The summed E-state index contributed by atoms with van der Waals surface area (Å²) >= 11 is 0. The van der Waals surface area contributed by atoms with E-state index in [9.17, 15) is 17.6 Å². The Morgan fingerprint density at radius 2 is 1.19 bits per heavy atom. The molecule has 0 N–H and O–H groups in total. The van der Waals surface area contributed by atoms with E-state index in [1.807, 2.05) is 0 Å². The van der Waals surface area contributed by atoms with Gasteiger partial charge in [-0.05, 0) is 25.7 Å². The minimum Gasteiger partial charge on any atom is -0.282 e. The second-order valence-electron chi connectivity index (χ2n) is 5.04. The molecule has 0 spiro atoms. The Bertz CT molecular complexity index is 233. The molecule has 98 valence electrons. The van der Waals surface area contributed by atoms with Crippen LogP contribution in [0.1, 0.15) is 41.5 Å². The summed E-state index contributed by atoms with van der Waals surface area (Å²) in [4.78, 5) is 0. The number of hydrogen-bond acceptors (Lipinski definition) is 1. The van der Waals surface area contributed by atoms with Crippen molar-refractivity contribution in [1.82, 2.24) is 0 Å². The van der Waals surface area contributed by atoms with Crippen LogP contribution in [-0.2, 0) is 4.74 Å². The Labute approximate surface area is 94.2 Å². The molecule has 0 amide bonds. The molecule has 0 heterocycles. The molecule has 0 rings (SSSR count). The third-order valence-electron chi connectivity index (χ3n) is 3.48. The third kappa shape index (κ3) is 3.09. The van der Waals surface area contributed by atoms with Gasteiger partial charge in [0.2, 0.25) is 0 Å². The van der Waals surface area contributed by atoms with E-state index in [0.29, 0.717) is 0 Å². The summed E-state index contributed by atoms with van der Waals surface area (Å²) in [5.74, 6) is -1.16. The third-order valence-corrected chi connectivity index (χ3v) is 3.48. The van der Waals surface area contributed by atoms with Crippen LogP contribution in [0.3, 0.4) is 0 Å². The van der Waals surface area contributed by atoms with Gasteiger partial charge in [0.05, 0.1) is 0 Å². The van der Waals surface area contributed by atoms with Crippen LogP contribution < -0.4 is 0 Å². The first-order chi connectivity index (χ1) is 6.84. The van der Waals surface area contributed by atoms with Crippen molar-refractivity contribution in [2.75, 3.05) is 0 Å². The quantitative estimate of drug-likeness (QED) is 0.669. The summed E-state index contributed by atoms with van der Waals surface area (Å²) in [5.41, 5.74) is -3.95. The smallest absolute Gasteiger partial charge is 0.282 e. The van der Waals surface area contributed by atoms with Crippen LogP contribution in [0.25, 0.3) is 0 Å². The average molecular weight is 244 g/mol. The highest BCUT2D eigenvalue weighted by Gasteiger charge is 2.55. The van der Waals surface area contributed by atoms with Crippen molar-refractivity contribution in [3.05, 3.63) is 0 Å². The summed E-state index contributed by atoms with van der Waals surface area (Å²) in [6.07, 6.45) is -4.83. The van der Waals surface area contributed by atoms with Crippen molar-refractivity contribution < 1.29 is 22.3 Å². The molecule has 2 unspecified atom stereocenters. The minimum absolute atomic E-state index is 0.567. The van der Waals surface area contributed by atoms with Gasteiger partial charge in [0, 0.05) is 0 Å². The number of hydrogen-bond donors (Lipinski definition) is 0. The monoisotopic (exact) mass is 244 g/mol. The molecule has 0 aliphatic rings. The maximum atomic E-state index is 14.4. The average Bonchev–Trinajstić information content (AvgIpc) is 1.99. The molecule has 0 saturated carbocycles. The van der Waals surface area contributed by atoms with Gasteiger partial charge >= 0.3 is 6.36 Å². The van der Waals surface area contributed by atoms with E-state index in [-0.39, 0.29) is 0 Å². The lowest BCUT2D eigenvalue weighted by atomic mass is 9.73. The van der Waals surface area contributed by atoms with Crippen molar-refractivity contribution in [3.63, 3.8) is 0 Å². The lowest BCUT2D eigenvalue weighted by Gasteiger charge is -2.45. The first kappa shape index (κ1) is 15.7. The van der Waals surface area contributed by atoms with Crippen LogP contribution in [0.4, 0.5) is 17.6 Å². The van der Waals surface area contributed by atoms with Gasteiger partial charge in [0.25, 0.3) is 0 Å². The topological polar surface area (TPSA) is 9.23 Å². The van der Waals surface area contributed by atoms with Gasteiger partial charge in [0.1, 0.15) is 11.3 Å². The lowest BCUT2D eigenvalue weighted by Crippen LogP contribution is -2.57. The molecular formula is C11H20F4O. The molecule has 0 fully saturated rings. The highest BCUT2D eigenvalue weighted by Crippen LogP contribution is 2.44. The van der Waals surface area contributed by atoms with Crippen LogP contribution in [0.2, 0.25) is 0 Å². The maximum Gasteiger partial charge on any atom is 0.523 e. The van der Waals surface area contributed by atoms with E-state index >= 15 is 0 Å². The second kappa shape index (κ2) is 4.51. The van der Waals surface area contributed by atoms with Crippen molar-refractivity contribution in [2.45, 2.75) is 59.2 Å². The van der Waals surface area contributed by atoms with Gasteiger partial charge in [-0.1, -0.05) is 27.7 Å². The molecule has 0 aromatic rings. The van der Waals surface area contributed by atoms with E-state index in [4.69, 9.17) is 0 Å². The molecule has 0 aromatic carbocycles. The largest absolute Gasteiger partial charge is 0.523 e. The lowest BCUT2D eigenvalue weighted by molar-refractivity contribution is -0.391. The zero-order chi connectivity index (χ0) is 13.4. The first-order valence-corrected chi connectivity index (χ1v) is 5.30. The molecule has 0 radical (unpaired) electrons. The Kier molecular flexibility index (Phi) is 4.42. The molecule has 1 nitrogen and oxygen atoms in total. The highest BCUT2D eigenvalue weighted by atomic mass is 19.4. The van der Waals surface area contributed by atoms with E-state index < -0.39 is 29.5 Å². The summed E-state index contributed by atoms with van der Waals surface area (Å²) in [6, 6.07) is 0. The van der Waals surface area contributed by atoms with Crippen LogP contribution in [0.15, 0.2) is 0 Å². The zero-order valence-electron chi connectivity index (χ0n) is 10.6. The maximum absolute atomic E-state index is 14.4. The summed E-state index contributed by atoms with van der Waals surface area (Å²) < 4.78 is 55.4. The molecule has 0 aliphatic heterocycles. The van der Waals surface area contributed by atoms with Crippen LogP contribution in [-0.4, -0.2) is 17.6 Å². The van der Waals surface area contributed by atoms with Gasteiger partial charge in [0.15, 0.2) is 0 Å². The molecular weight excluding hydrogens is 224 g/mol. The van der Waals surface area contributed by atoms with Crippen LogP contribution in [0.5, 0.6) is 0 Å². The van der Waals surface area contributed by atoms with Crippen molar-refractivity contribution >= 4 is 0 Å². The molecule has 2 atom stereocenters. The van der Waals surface area contributed by atoms with Gasteiger partial charge in [-0.3, -0.25) is 4.74 Å². The predicted molar refractivity (Wildman–Crippen MR) is 54.7 cm³/mol. The molecule has 0 aliphatic carbocycles. The minimum atomic E-state index is -4.83. The number of ether oxygens (including phenoxy) is 1. The van der Waals surface area contributed by atoms with Crippen molar-refractivity contribution in [1.29, 1.82) is 0 Å². The fourth-order valence-electron chi connectivity index (χ4n) is 1.60. The Hall–Kier alpha value is -0.320. The standard InChI is InChI=1S/C11H20F4O/c1-7(2)9(5,12)10(6,8(3)4)16-11(13,14)15/h7-8H,1-6H3. The summed E-state index contributed by atoms with van der Waals surface area (Å²) in [5, 5.41) is 0. The Morgan fingerprint density at radius 1 is 0.812 bits per heavy atom. The second-order valence-corrected chi connectivity index (χ2v) is 5.04. The van der Waals surface area contributed by atoms with Gasteiger partial charge in [-0.15, -0.1) is 13.2 Å². The molecule has 16 heavy (non-hydrogen) atoms. The van der Waals surface area contributed by atoms with Crippen LogP contribution in [0, 0.1) is 11.8 Å². The molecule has 0 aromatic heterocycles. The van der Waals surface area contributed by atoms with E-state index in [1.54, 1.807) is 13.8 Å². The first-order valence-electron chi connectivity index (χ1n) is 5.30. The van der Waals surface area contributed by atoms with E-state index in [2.05, 4.69) is 4.74 Å². The van der Waals surface area contributed by atoms with Gasteiger partial charge in [-0.25, -0.2) is 4.39 Å². The van der Waals surface area contributed by atoms with E-state index in [1.165, 1.54) is 20.8 Å². The molecule has 0 saturated heterocycles. The predicted octanol–water partition coefficient (Wildman–Crippen LogP) is 4.32. The number of rotatable bonds is 4. The number of halogens is 4. The number of alkyl halides is 4. The van der Waals surface area contributed by atoms with Crippen molar-refractivity contribution in [3.8, 4) is 0 Å². The Morgan fingerprint density at radius 3 is 1.38 bits per heavy atom. The summed E-state index contributed by atoms with van der Waals surface area (Å²) in [6.45, 7) is 8.45. The fourth-order valence-corrected chi connectivity index (χ4v) is 1.60. The Balaban J connectivity index is 5.28. The SMILES string of the molecule is CC(C)C(C)(F)C(C)(OC(F)(F)F)C(C)C. The summed E-state index contributed by atoms with van der Waals surface area (Å²) in [7, 11) is 0. The normalized spacial score (nSPS) is 21.0. The molecule has 5 heteroatoms. The van der Waals surface area contributed by atoms with Crippen LogP contribution >= 0.6 is 0 Å². The van der Waals surface area contributed by atoms with Gasteiger partial charge < -0.3 is 0 Å². The van der Waals surface area contributed by atoms with E-state index in [0.717, 1.165) is 6.92 Å². The highest BCUT2D eigenvalue weighted by molar-refractivity contribution is 5.00. The fraction of sp³-hybridized carbons (Fsp3) is 1.00.